The van der Waals surface area contributed by atoms with Gasteiger partial charge in [0.15, 0.2) is 0 Å². The van der Waals surface area contributed by atoms with Crippen LogP contribution in [-0.4, -0.2) is 40.5 Å². The Morgan fingerprint density at radius 1 is 1.40 bits per heavy atom. The third-order valence-electron chi connectivity index (χ3n) is 4.40. The molecule has 0 saturated carbocycles. The Balaban J connectivity index is 1.58. The molecular formula is C14H21N3O2S. The van der Waals surface area contributed by atoms with Crippen molar-refractivity contribution >= 4 is 17.2 Å². The summed E-state index contributed by atoms with van der Waals surface area (Å²) in [7, 11) is 0. The fourth-order valence-corrected chi connectivity index (χ4v) is 3.97. The molecule has 110 valence electrons. The predicted octanol–water partition coefficient (Wildman–Crippen LogP) is 0.961. The first kappa shape index (κ1) is 13.8. The van der Waals surface area contributed by atoms with E-state index < -0.39 is 0 Å². The molecule has 2 bridgehead atoms. The van der Waals surface area contributed by atoms with Gasteiger partial charge in [0.1, 0.15) is 0 Å². The van der Waals surface area contributed by atoms with Gasteiger partial charge in [-0.1, -0.05) is 11.3 Å². The number of nitrogens with one attached hydrogen (secondary N) is 1. The second kappa shape index (κ2) is 5.69. The van der Waals surface area contributed by atoms with Gasteiger partial charge in [0, 0.05) is 49.2 Å². The van der Waals surface area contributed by atoms with E-state index in [9.17, 15) is 9.59 Å². The van der Waals surface area contributed by atoms with Crippen LogP contribution in [0.5, 0.6) is 0 Å². The number of aromatic nitrogens is 1. The molecule has 1 N–H and O–H groups in total. The van der Waals surface area contributed by atoms with Crippen LogP contribution in [0.2, 0.25) is 0 Å². The van der Waals surface area contributed by atoms with Crippen LogP contribution in [0.1, 0.15) is 31.4 Å². The summed E-state index contributed by atoms with van der Waals surface area (Å²) in [5.41, 5.74) is 0.949. The number of aryl methyl sites for hydroxylation is 1. The number of hydrogen-bond acceptors (Lipinski definition) is 4. The number of hydrogen-bond donors (Lipinski definition) is 1. The van der Waals surface area contributed by atoms with Crippen LogP contribution in [0.3, 0.4) is 0 Å². The molecule has 5 nitrogen and oxygen atoms in total. The van der Waals surface area contributed by atoms with Crippen molar-refractivity contribution in [3.63, 3.8) is 0 Å². The normalized spacial score (nSPS) is 25.8. The minimum absolute atomic E-state index is 0.0342. The number of thiazole rings is 1. The van der Waals surface area contributed by atoms with Gasteiger partial charge in [0.05, 0.1) is 0 Å². The summed E-state index contributed by atoms with van der Waals surface area (Å²) in [6.45, 7) is 4.10. The number of likely N-dealkylation sites (tertiary alicyclic amines) is 1. The molecule has 1 amide bonds. The van der Waals surface area contributed by atoms with Crippen LogP contribution in [0.4, 0.5) is 0 Å². The van der Waals surface area contributed by atoms with Gasteiger partial charge in [-0.15, -0.1) is 0 Å². The van der Waals surface area contributed by atoms with E-state index in [1.54, 1.807) is 4.57 Å². The van der Waals surface area contributed by atoms with Crippen LogP contribution < -0.4 is 10.2 Å². The maximum Gasteiger partial charge on any atom is 0.307 e. The van der Waals surface area contributed by atoms with Crippen molar-refractivity contribution in [2.45, 2.75) is 51.2 Å². The summed E-state index contributed by atoms with van der Waals surface area (Å²) in [6.07, 6.45) is 3.91. The molecule has 2 saturated heterocycles. The zero-order chi connectivity index (χ0) is 14.1. The van der Waals surface area contributed by atoms with Gasteiger partial charge in [0.2, 0.25) is 5.91 Å². The number of amides is 1. The summed E-state index contributed by atoms with van der Waals surface area (Å²) in [4.78, 5) is 26.0. The molecule has 2 fully saturated rings. The molecule has 6 heteroatoms. The zero-order valence-corrected chi connectivity index (χ0v) is 12.6. The van der Waals surface area contributed by atoms with E-state index >= 15 is 0 Å². The molecule has 0 spiro atoms. The molecule has 0 radical (unpaired) electrons. The van der Waals surface area contributed by atoms with Crippen molar-refractivity contribution in [3.05, 3.63) is 20.7 Å². The molecule has 20 heavy (non-hydrogen) atoms. The zero-order valence-electron chi connectivity index (χ0n) is 11.8. The number of rotatable bonds is 3. The Morgan fingerprint density at radius 2 is 2.20 bits per heavy atom. The smallest absolute Gasteiger partial charge is 0.307 e. The highest BCUT2D eigenvalue weighted by molar-refractivity contribution is 7.07. The highest BCUT2D eigenvalue weighted by atomic mass is 32.1. The van der Waals surface area contributed by atoms with Crippen LogP contribution >= 0.6 is 11.3 Å². The molecule has 2 aliphatic rings. The molecule has 1 aromatic heterocycles. The Kier molecular flexibility index (Phi) is 3.94. The molecular weight excluding hydrogens is 274 g/mol. The third kappa shape index (κ3) is 2.81. The monoisotopic (exact) mass is 295 g/mol. The highest BCUT2D eigenvalue weighted by Gasteiger charge is 2.30. The molecule has 2 unspecified atom stereocenters. The number of fused-ring (bicyclic) bond motifs is 2. The Morgan fingerprint density at radius 3 is 2.95 bits per heavy atom. The fraction of sp³-hybridized carbons (Fsp3) is 0.714. The van der Waals surface area contributed by atoms with Crippen molar-refractivity contribution in [2.75, 3.05) is 13.1 Å². The average molecular weight is 295 g/mol. The van der Waals surface area contributed by atoms with Crippen LogP contribution in [0, 0.1) is 6.92 Å². The van der Waals surface area contributed by atoms with Crippen LogP contribution in [-0.2, 0) is 11.3 Å². The molecule has 0 aliphatic carbocycles. The average Bonchev–Trinajstić information content (AvgIpc) is 2.90. The predicted molar refractivity (Wildman–Crippen MR) is 79.1 cm³/mol. The summed E-state index contributed by atoms with van der Waals surface area (Å²) in [5, 5.41) is 5.43. The fourth-order valence-electron chi connectivity index (χ4n) is 3.21. The molecule has 1 aromatic rings. The van der Waals surface area contributed by atoms with E-state index in [2.05, 4.69) is 5.32 Å². The minimum Gasteiger partial charge on any atom is -0.341 e. The Hall–Kier alpha value is -1.14. The summed E-state index contributed by atoms with van der Waals surface area (Å²) in [6, 6.07) is 1.07. The van der Waals surface area contributed by atoms with Crippen molar-refractivity contribution in [1.82, 2.24) is 14.8 Å². The van der Waals surface area contributed by atoms with Crippen molar-refractivity contribution in [3.8, 4) is 0 Å². The largest absolute Gasteiger partial charge is 0.341 e. The van der Waals surface area contributed by atoms with E-state index in [1.165, 1.54) is 24.2 Å². The molecule has 2 atom stereocenters. The summed E-state index contributed by atoms with van der Waals surface area (Å²) >= 11 is 1.20. The SMILES string of the molecule is Cc1csc(=O)n1CCC(=O)N1CCC2CCC(C1)N2. The van der Waals surface area contributed by atoms with Gasteiger partial charge < -0.3 is 14.8 Å². The highest BCUT2D eigenvalue weighted by Crippen LogP contribution is 2.20. The van der Waals surface area contributed by atoms with Gasteiger partial charge in [-0.05, 0) is 26.2 Å². The number of nitrogens with zero attached hydrogens (tertiary/aromatic N) is 2. The number of carbonyl (C=O) groups excluding carboxylic acids is 1. The van der Waals surface area contributed by atoms with E-state index in [-0.39, 0.29) is 10.8 Å². The van der Waals surface area contributed by atoms with Gasteiger partial charge in [0.25, 0.3) is 0 Å². The van der Waals surface area contributed by atoms with Gasteiger partial charge in [-0.2, -0.15) is 0 Å². The van der Waals surface area contributed by atoms with Crippen LogP contribution in [0.25, 0.3) is 0 Å². The molecule has 2 aliphatic heterocycles. The third-order valence-corrected chi connectivity index (χ3v) is 5.28. The lowest BCUT2D eigenvalue weighted by atomic mass is 10.1. The second-order valence-corrected chi connectivity index (χ2v) is 6.63. The Bertz CT molecular complexity index is 551. The maximum absolute atomic E-state index is 12.3. The van der Waals surface area contributed by atoms with E-state index in [0.29, 0.717) is 25.0 Å². The van der Waals surface area contributed by atoms with Crippen molar-refractivity contribution in [2.24, 2.45) is 0 Å². The van der Waals surface area contributed by atoms with E-state index in [0.717, 1.165) is 25.2 Å². The first-order valence-corrected chi connectivity index (χ1v) is 8.20. The standard InChI is InChI=1S/C14H21N3O2S/c1-10-9-20-14(19)17(10)7-5-13(18)16-6-4-11-2-3-12(8-16)15-11/h9,11-12,15H,2-8H2,1H3. The lowest BCUT2D eigenvalue weighted by molar-refractivity contribution is -0.131. The Labute approximate surface area is 122 Å². The molecule has 0 aromatic carbocycles. The van der Waals surface area contributed by atoms with Gasteiger partial charge >= 0.3 is 4.87 Å². The quantitative estimate of drug-likeness (QED) is 0.904. The van der Waals surface area contributed by atoms with Crippen molar-refractivity contribution in [1.29, 1.82) is 0 Å². The van der Waals surface area contributed by atoms with Gasteiger partial charge in [-0.3, -0.25) is 9.59 Å². The van der Waals surface area contributed by atoms with Gasteiger partial charge in [-0.25, -0.2) is 0 Å². The number of carbonyl (C=O) groups is 1. The lowest BCUT2D eigenvalue weighted by Gasteiger charge is -2.24. The molecule has 3 rings (SSSR count). The van der Waals surface area contributed by atoms with Crippen molar-refractivity contribution < 1.29 is 4.79 Å². The topological polar surface area (TPSA) is 54.3 Å². The lowest BCUT2D eigenvalue weighted by Crippen LogP contribution is -2.39. The minimum atomic E-state index is 0.0342. The summed E-state index contributed by atoms with van der Waals surface area (Å²) in [5.74, 6) is 0.178. The van der Waals surface area contributed by atoms with E-state index in [1.807, 2.05) is 17.2 Å². The van der Waals surface area contributed by atoms with E-state index in [4.69, 9.17) is 0 Å². The first-order chi connectivity index (χ1) is 9.63. The molecule has 3 heterocycles. The maximum atomic E-state index is 12.3. The van der Waals surface area contributed by atoms with Crippen LogP contribution in [0.15, 0.2) is 10.2 Å². The first-order valence-electron chi connectivity index (χ1n) is 7.32. The second-order valence-electron chi connectivity index (χ2n) is 5.81. The summed E-state index contributed by atoms with van der Waals surface area (Å²) < 4.78 is 1.70.